The molecule has 0 N–H and O–H groups in total. The number of hydrogen-bond acceptors (Lipinski definition) is 2. The predicted octanol–water partition coefficient (Wildman–Crippen LogP) is 8.26. The van der Waals surface area contributed by atoms with Crippen molar-refractivity contribution in [2.24, 2.45) is 0 Å². The van der Waals surface area contributed by atoms with Gasteiger partial charge in [-0.2, -0.15) is 0 Å². The van der Waals surface area contributed by atoms with Crippen molar-refractivity contribution in [1.82, 2.24) is 0 Å². The van der Waals surface area contributed by atoms with Gasteiger partial charge in [0.2, 0.25) is 0 Å². The maximum Gasteiger partial charge on any atom is 0.0175 e. The zero-order valence-electron chi connectivity index (χ0n) is 14.8. The zero-order valence-corrected chi connectivity index (χ0v) is 18.1. The van der Waals surface area contributed by atoms with Gasteiger partial charge >= 0.3 is 0 Å². The number of rotatable bonds is 2. The summed E-state index contributed by atoms with van der Waals surface area (Å²) in [5.74, 6) is 0. The Labute approximate surface area is 180 Å². The lowest BCUT2D eigenvalue weighted by Gasteiger charge is -1.99. The van der Waals surface area contributed by atoms with Crippen LogP contribution in [0.5, 0.6) is 0 Å². The Kier molecular flexibility index (Phi) is 10.5. The second-order valence-electron chi connectivity index (χ2n) is 5.36. The summed E-state index contributed by atoms with van der Waals surface area (Å²) in [7, 11) is 0. The molecule has 0 bridgehead atoms. The summed E-state index contributed by atoms with van der Waals surface area (Å²) in [5, 5.41) is 0. The van der Waals surface area contributed by atoms with E-state index in [0.29, 0.717) is 0 Å². The van der Waals surface area contributed by atoms with Gasteiger partial charge in [0.15, 0.2) is 0 Å². The van der Waals surface area contributed by atoms with E-state index in [4.69, 9.17) is 0 Å². The van der Waals surface area contributed by atoms with Crippen molar-refractivity contribution in [3.8, 4) is 0 Å². The summed E-state index contributed by atoms with van der Waals surface area (Å²) in [6.45, 7) is 0. The SMILES string of the molecule is Brc1ccccc1.Sc1ccccc1.c1ccc(Sc2ccccc2)cc1. The fourth-order valence-corrected chi connectivity index (χ4v) is 3.29. The first-order valence-electron chi connectivity index (χ1n) is 8.46. The lowest BCUT2D eigenvalue weighted by Crippen LogP contribution is -1.70. The predicted molar refractivity (Wildman–Crippen MR) is 125 cm³/mol. The Hall–Kier alpha value is -1.94. The fourth-order valence-electron chi connectivity index (χ4n) is 1.96. The average Bonchev–Trinajstić information content (AvgIpc) is 2.72. The van der Waals surface area contributed by atoms with E-state index in [1.807, 2.05) is 72.8 Å². The van der Waals surface area contributed by atoms with Crippen LogP contribution >= 0.6 is 40.3 Å². The highest BCUT2D eigenvalue weighted by Crippen LogP contribution is 2.26. The molecular weight excluding hydrogens is 432 g/mol. The minimum atomic E-state index is 1.02. The molecule has 4 aromatic rings. The summed E-state index contributed by atoms with van der Waals surface area (Å²) >= 11 is 9.18. The molecule has 0 fully saturated rings. The maximum absolute atomic E-state index is 4.08. The van der Waals surface area contributed by atoms with Crippen LogP contribution in [0.25, 0.3) is 0 Å². The van der Waals surface area contributed by atoms with Gasteiger partial charge < -0.3 is 0 Å². The number of halogens is 1. The highest BCUT2D eigenvalue weighted by atomic mass is 79.9. The topological polar surface area (TPSA) is 0 Å². The summed E-state index contributed by atoms with van der Waals surface area (Å²) in [5.41, 5.74) is 0. The molecule has 136 valence electrons. The normalized spacial score (nSPS) is 9.26. The van der Waals surface area contributed by atoms with E-state index in [9.17, 15) is 0 Å². The Morgan fingerprint density at radius 1 is 0.481 bits per heavy atom. The Balaban J connectivity index is 0.000000159. The van der Waals surface area contributed by atoms with Crippen molar-refractivity contribution >= 4 is 40.3 Å². The van der Waals surface area contributed by atoms with Crippen LogP contribution in [0.15, 0.2) is 140 Å². The Bertz CT molecular complexity index is 777. The van der Waals surface area contributed by atoms with E-state index in [2.05, 4.69) is 77.1 Å². The first-order valence-corrected chi connectivity index (χ1v) is 10.5. The molecule has 27 heavy (non-hydrogen) atoms. The van der Waals surface area contributed by atoms with Gasteiger partial charge in [-0.15, -0.1) is 12.6 Å². The van der Waals surface area contributed by atoms with Crippen LogP contribution in [0.4, 0.5) is 0 Å². The van der Waals surface area contributed by atoms with Crippen molar-refractivity contribution in [3.05, 3.63) is 126 Å². The molecule has 4 rings (SSSR count). The quantitative estimate of drug-likeness (QED) is 0.298. The lowest BCUT2D eigenvalue weighted by molar-refractivity contribution is 1.41. The number of hydrogen-bond donors (Lipinski definition) is 1. The molecule has 0 aliphatic carbocycles. The highest BCUT2D eigenvalue weighted by Gasteiger charge is 1.93. The lowest BCUT2D eigenvalue weighted by atomic mass is 10.4. The van der Waals surface area contributed by atoms with Crippen LogP contribution < -0.4 is 0 Å². The Morgan fingerprint density at radius 2 is 0.815 bits per heavy atom. The highest BCUT2D eigenvalue weighted by molar-refractivity contribution is 9.10. The minimum Gasteiger partial charge on any atom is -0.143 e. The van der Waals surface area contributed by atoms with Gasteiger partial charge in [0, 0.05) is 19.2 Å². The molecule has 0 spiro atoms. The minimum absolute atomic E-state index is 1.02. The fraction of sp³-hybridized carbons (Fsp3) is 0. The summed E-state index contributed by atoms with van der Waals surface area (Å²) in [6.07, 6.45) is 0. The first-order chi connectivity index (χ1) is 13.2. The van der Waals surface area contributed by atoms with Crippen molar-refractivity contribution in [2.45, 2.75) is 14.7 Å². The molecule has 3 heteroatoms. The van der Waals surface area contributed by atoms with E-state index < -0.39 is 0 Å². The Morgan fingerprint density at radius 3 is 1.07 bits per heavy atom. The van der Waals surface area contributed by atoms with Gasteiger partial charge in [0.1, 0.15) is 0 Å². The maximum atomic E-state index is 4.08. The molecule has 0 radical (unpaired) electrons. The average molecular weight is 453 g/mol. The number of benzene rings is 4. The molecule has 4 aromatic carbocycles. The third kappa shape index (κ3) is 10.1. The zero-order chi connectivity index (χ0) is 19.2. The van der Waals surface area contributed by atoms with Crippen molar-refractivity contribution < 1.29 is 0 Å². The third-order valence-corrected chi connectivity index (χ3v) is 5.05. The monoisotopic (exact) mass is 452 g/mol. The van der Waals surface area contributed by atoms with Crippen LogP contribution in [-0.4, -0.2) is 0 Å². The molecule has 0 saturated heterocycles. The van der Waals surface area contributed by atoms with Gasteiger partial charge in [0.05, 0.1) is 0 Å². The van der Waals surface area contributed by atoms with Gasteiger partial charge in [0.25, 0.3) is 0 Å². The van der Waals surface area contributed by atoms with Crippen molar-refractivity contribution in [1.29, 1.82) is 0 Å². The van der Waals surface area contributed by atoms with Crippen LogP contribution in [-0.2, 0) is 0 Å². The smallest absolute Gasteiger partial charge is 0.0175 e. The third-order valence-electron chi connectivity index (χ3n) is 3.21. The van der Waals surface area contributed by atoms with Gasteiger partial charge in [-0.3, -0.25) is 0 Å². The standard InChI is InChI=1S/C12H10S.C6H5Br.C6H6S/c1-3-7-11(8-4-1)13-12-9-5-2-6-10-12;2*7-6-4-2-1-3-5-6/h1-10H;1-5H;1-5,7H. The molecule has 0 amide bonds. The van der Waals surface area contributed by atoms with E-state index >= 15 is 0 Å². The summed E-state index contributed by atoms with van der Waals surface area (Å²) in [6, 6.07) is 40.6. The van der Waals surface area contributed by atoms with Gasteiger partial charge in [-0.1, -0.05) is 100 Å². The second kappa shape index (κ2) is 13.3. The van der Waals surface area contributed by atoms with Crippen LogP contribution in [0.2, 0.25) is 0 Å². The molecule has 0 unspecified atom stereocenters. The number of thiol groups is 1. The van der Waals surface area contributed by atoms with E-state index in [1.165, 1.54) is 9.79 Å². The molecule has 0 saturated carbocycles. The van der Waals surface area contributed by atoms with Crippen molar-refractivity contribution in [2.75, 3.05) is 0 Å². The van der Waals surface area contributed by atoms with Gasteiger partial charge in [-0.05, 0) is 48.5 Å². The molecule has 0 aliphatic rings. The molecular formula is C24H21BrS2. The molecule has 0 aromatic heterocycles. The molecule has 0 nitrogen and oxygen atoms in total. The summed E-state index contributed by atoms with van der Waals surface area (Å²) in [4.78, 5) is 3.59. The van der Waals surface area contributed by atoms with Crippen LogP contribution in [0.1, 0.15) is 0 Å². The summed E-state index contributed by atoms with van der Waals surface area (Å²) < 4.78 is 1.13. The molecule has 0 aliphatic heterocycles. The second-order valence-corrected chi connectivity index (χ2v) is 7.94. The van der Waals surface area contributed by atoms with E-state index in [0.717, 1.165) is 9.37 Å². The first kappa shape index (κ1) is 21.4. The largest absolute Gasteiger partial charge is 0.143 e. The van der Waals surface area contributed by atoms with Crippen LogP contribution in [0.3, 0.4) is 0 Å². The molecule has 0 atom stereocenters. The van der Waals surface area contributed by atoms with E-state index in [-0.39, 0.29) is 0 Å². The van der Waals surface area contributed by atoms with Gasteiger partial charge in [-0.25, -0.2) is 0 Å². The molecule has 0 heterocycles. The van der Waals surface area contributed by atoms with Crippen LogP contribution in [0, 0.1) is 0 Å². The van der Waals surface area contributed by atoms with E-state index in [1.54, 1.807) is 11.8 Å². The van der Waals surface area contributed by atoms with Crippen molar-refractivity contribution in [3.63, 3.8) is 0 Å².